The van der Waals surface area contributed by atoms with Gasteiger partial charge in [-0.2, -0.15) is 5.10 Å². The van der Waals surface area contributed by atoms with Crippen molar-refractivity contribution in [2.24, 2.45) is 11.5 Å². The van der Waals surface area contributed by atoms with E-state index in [9.17, 15) is 14.4 Å². The molecule has 0 unspecified atom stereocenters. The van der Waals surface area contributed by atoms with Crippen molar-refractivity contribution >= 4 is 29.1 Å². The average Bonchev–Trinajstić information content (AvgIpc) is 3.26. The quantitative estimate of drug-likeness (QED) is 0.404. The van der Waals surface area contributed by atoms with Crippen LogP contribution in [0, 0.1) is 0 Å². The summed E-state index contributed by atoms with van der Waals surface area (Å²) in [5.74, 6) is -0.390. The van der Waals surface area contributed by atoms with E-state index in [2.05, 4.69) is 10.4 Å². The minimum atomic E-state index is -0.679. The molecule has 3 amide bonds. The summed E-state index contributed by atoms with van der Waals surface area (Å²) in [6, 6.07) is 14.1. The first-order valence-corrected chi connectivity index (χ1v) is 11.4. The number of anilines is 2. The van der Waals surface area contributed by atoms with Gasteiger partial charge in [0.1, 0.15) is 11.4 Å². The number of amides is 3. The molecular weight excluding hydrogens is 448 g/mol. The van der Waals surface area contributed by atoms with Crippen LogP contribution in [0.1, 0.15) is 45.8 Å². The summed E-state index contributed by atoms with van der Waals surface area (Å²) in [4.78, 5) is 39.3. The number of hydrogen-bond donors (Lipinski definition) is 3. The normalized spacial score (nSPS) is 12.9. The monoisotopic (exact) mass is 476 g/mol. The zero-order valence-electron chi connectivity index (χ0n) is 19.5. The minimum absolute atomic E-state index is 0.0766. The first-order valence-electron chi connectivity index (χ1n) is 11.4. The second kappa shape index (κ2) is 10.4. The second-order valence-corrected chi connectivity index (χ2v) is 8.20. The van der Waals surface area contributed by atoms with Gasteiger partial charge >= 0.3 is 0 Å². The number of aromatic nitrogens is 2. The molecule has 0 saturated heterocycles. The molecule has 2 aromatic carbocycles. The molecule has 0 saturated carbocycles. The fraction of sp³-hybridized carbons (Fsp3) is 0.280. The van der Waals surface area contributed by atoms with E-state index in [1.54, 1.807) is 60.5 Å². The molecule has 1 aliphatic rings. The number of rotatable bonds is 9. The number of hydrogen-bond acceptors (Lipinski definition) is 6. The van der Waals surface area contributed by atoms with E-state index in [0.29, 0.717) is 60.0 Å². The van der Waals surface area contributed by atoms with Crippen molar-refractivity contribution in [3.8, 4) is 11.4 Å². The molecule has 10 nitrogen and oxygen atoms in total. The SMILES string of the molecule is COc1ccc(-n2nc(C(N)=O)c3c2C(=O)N(c2ccc(NC(=O)CCCCN)cc2)CC3)cc1. The fourth-order valence-electron chi connectivity index (χ4n) is 4.09. The van der Waals surface area contributed by atoms with Gasteiger partial charge in [-0.05, 0) is 74.3 Å². The Morgan fingerprint density at radius 3 is 2.37 bits per heavy atom. The number of carbonyl (C=O) groups excluding carboxylic acids is 3. The minimum Gasteiger partial charge on any atom is -0.497 e. The lowest BCUT2D eigenvalue weighted by molar-refractivity contribution is -0.116. The maximum Gasteiger partial charge on any atom is 0.277 e. The van der Waals surface area contributed by atoms with E-state index in [4.69, 9.17) is 16.2 Å². The van der Waals surface area contributed by atoms with Crippen molar-refractivity contribution in [2.45, 2.75) is 25.7 Å². The highest BCUT2D eigenvalue weighted by molar-refractivity contribution is 6.09. The van der Waals surface area contributed by atoms with Crippen LogP contribution in [-0.4, -0.2) is 47.7 Å². The summed E-state index contributed by atoms with van der Waals surface area (Å²) in [6.07, 6.45) is 2.37. The summed E-state index contributed by atoms with van der Waals surface area (Å²) in [6.45, 7) is 0.928. The molecular formula is C25H28N6O4. The van der Waals surface area contributed by atoms with Gasteiger partial charge in [0.2, 0.25) is 5.91 Å². The molecule has 3 aromatic rings. The van der Waals surface area contributed by atoms with E-state index < -0.39 is 5.91 Å². The average molecular weight is 477 g/mol. The van der Waals surface area contributed by atoms with Crippen molar-refractivity contribution in [3.05, 3.63) is 65.5 Å². The number of fused-ring (bicyclic) bond motifs is 1. The molecule has 10 heteroatoms. The molecule has 0 atom stereocenters. The van der Waals surface area contributed by atoms with Crippen molar-refractivity contribution in [1.82, 2.24) is 9.78 Å². The lowest BCUT2D eigenvalue weighted by atomic mass is 10.0. The molecule has 0 bridgehead atoms. The van der Waals surface area contributed by atoms with Gasteiger partial charge < -0.3 is 26.4 Å². The van der Waals surface area contributed by atoms with Gasteiger partial charge in [0.05, 0.1) is 12.8 Å². The Bertz CT molecular complexity index is 1230. The third-order valence-electron chi connectivity index (χ3n) is 5.89. The number of ether oxygens (including phenoxy) is 1. The van der Waals surface area contributed by atoms with Crippen molar-refractivity contribution in [2.75, 3.05) is 30.4 Å². The molecule has 182 valence electrons. The number of unbranched alkanes of at least 4 members (excludes halogenated alkanes) is 1. The summed E-state index contributed by atoms with van der Waals surface area (Å²) in [7, 11) is 1.57. The van der Waals surface area contributed by atoms with E-state index in [1.807, 2.05) is 0 Å². The lowest BCUT2D eigenvalue weighted by Gasteiger charge is -2.28. The third-order valence-corrected chi connectivity index (χ3v) is 5.89. The number of carbonyl (C=O) groups is 3. The molecule has 4 rings (SSSR count). The number of methoxy groups -OCH3 is 1. The van der Waals surface area contributed by atoms with Crippen molar-refractivity contribution in [3.63, 3.8) is 0 Å². The Kier molecular flexibility index (Phi) is 7.11. The maximum atomic E-state index is 13.6. The van der Waals surface area contributed by atoms with Gasteiger partial charge in [0.15, 0.2) is 5.69 Å². The van der Waals surface area contributed by atoms with Gasteiger partial charge in [-0.1, -0.05) is 0 Å². The highest BCUT2D eigenvalue weighted by atomic mass is 16.5. The first-order chi connectivity index (χ1) is 16.9. The third kappa shape index (κ3) is 5.02. The van der Waals surface area contributed by atoms with Crippen molar-refractivity contribution in [1.29, 1.82) is 0 Å². The van der Waals surface area contributed by atoms with E-state index >= 15 is 0 Å². The van der Waals surface area contributed by atoms with Crippen molar-refractivity contribution < 1.29 is 19.1 Å². The molecule has 0 aliphatic carbocycles. The Labute approximate surface area is 202 Å². The molecule has 2 heterocycles. The van der Waals surface area contributed by atoms with Gasteiger partial charge in [-0.15, -0.1) is 0 Å². The van der Waals surface area contributed by atoms with Crippen LogP contribution in [-0.2, 0) is 11.2 Å². The number of nitrogens with one attached hydrogen (secondary N) is 1. The van der Waals surface area contributed by atoms with Crippen LogP contribution in [0.25, 0.3) is 5.69 Å². The standard InChI is InChI=1S/C25H28N6O4/c1-35-19-11-9-18(10-12-19)31-23-20(22(29-31)24(27)33)13-15-30(25(23)34)17-7-5-16(6-8-17)28-21(32)4-2-3-14-26/h5-12H,2-4,13-15,26H2,1H3,(H2,27,33)(H,28,32). The zero-order valence-corrected chi connectivity index (χ0v) is 19.5. The largest absolute Gasteiger partial charge is 0.497 e. The molecule has 5 N–H and O–H groups in total. The van der Waals surface area contributed by atoms with Crippen LogP contribution >= 0.6 is 0 Å². The fourth-order valence-corrected chi connectivity index (χ4v) is 4.09. The lowest BCUT2D eigenvalue weighted by Crippen LogP contribution is -2.39. The predicted molar refractivity (Wildman–Crippen MR) is 132 cm³/mol. The topological polar surface area (TPSA) is 146 Å². The Morgan fingerprint density at radius 2 is 1.74 bits per heavy atom. The molecule has 1 aliphatic heterocycles. The highest BCUT2D eigenvalue weighted by Gasteiger charge is 2.34. The number of benzene rings is 2. The van der Waals surface area contributed by atoms with E-state index in [-0.39, 0.29) is 17.5 Å². The van der Waals surface area contributed by atoms with Gasteiger partial charge in [0, 0.05) is 29.9 Å². The molecule has 0 spiro atoms. The number of nitrogens with zero attached hydrogens (tertiary/aromatic N) is 3. The Hall–Kier alpha value is -4.18. The number of primary amides is 1. The maximum absolute atomic E-state index is 13.6. The van der Waals surface area contributed by atoms with E-state index in [1.165, 1.54) is 4.68 Å². The van der Waals surface area contributed by atoms with Crippen LogP contribution in [0.2, 0.25) is 0 Å². The van der Waals surface area contributed by atoms with E-state index in [0.717, 1.165) is 12.8 Å². The van der Waals surface area contributed by atoms with Crippen LogP contribution in [0.5, 0.6) is 5.75 Å². The first kappa shape index (κ1) is 24.0. The Balaban J connectivity index is 1.59. The smallest absolute Gasteiger partial charge is 0.277 e. The highest BCUT2D eigenvalue weighted by Crippen LogP contribution is 2.30. The van der Waals surface area contributed by atoms with Gasteiger partial charge in [-0.25, -0.2) is 4.68 Å². The molecule has 35 heavy (non-hydrogen) atoms. The van der Waals surface area contributed by atoms with Crippen LogP contribution < -0.4 is 26.4 Å². The predicted octanol–water partition coefficient (Wildman–Crippen LogP) is 2.25. The van der Waals surface area contributed by atoms with Crippen LogP contribution in [0.4, 0.5) is 11.4 Å². The molecule has 0 fully saturated rings. The van der Waals surface area contributed by atoms with Crippen LogP contribution in [0.3, 0.4) is 0 Å². The molecule has 0 radical (unpaired) electrons. The number of nitrogens with two attached hydrogens (primary N) is 2. The summed E-state index contributed by atoms with van der Waals surface area (Å²) in [5.41, 5.74) is 13.9. The Morgan fingerprint density at radius 1 is 1.06 bits per heavy atom. The summed E-state index contributed by atoms with van der Waals surface area (Å²) in [5, 5.41) is 7.23. The van der Waals surface area contributed by atoms with Gasteiger partial charge in [0.25, 0.3) is 11.8 Å². The zero-order chi connectivity index (χ0) is 24.9. The summed E-state index contributed by atoms with van der Waals surface area (Å²) < 4.78 is 6.66. The van der Waals surface area contributed by atoms with Gasteiger partial charge in [-0.3, -0.25) is 14.4 Å². The van der Waals surface area contributed by atoms with Crippen LogP contribution in [0.15, 0.2) is 48.5 Å². The molecule has 1 aromatic heterocycles. The second-order valence-electron chi connectivity index (χ2n) is 8.20. The summed E-state index contributed by atoms with van der Waals surface area (Å²) >= 11 is 0.